The van der Waals surface area contributed by atoms with Gasteiger partial charge in [0.1, 0.15) is 6.61 Å². The Labute approximate surface area is 188 Å². The number of hydrogen-bond acceptors (Lipinski definition) is 3. The largest absolute Gasteiger partial charge is 0.493 e. The number of rotatable bonds is 7. The van der Waals surface area contributed by atoms with Crippen LogP contribution in [-0.4, -0.2) is 13.3 Å². The third kappa shape index (κ3) is 5.58. The monoisotopic (exact) mass is 549 g/mol. The second-order valence-corrected chi connectivity index (χ2v) is 8.31. The minimum absolute atomic E-state index is 0.483. The van der Waals surface area contributed by atoms with Crippen LogP contribution >= 0.6 is 38.5 Å². The molecule has 0 radical (unpaired) electrons. The van der Waals surface area contributed by atoms with Crippen molar-refractivity contribution in [1.82, 2.24) is 0 Å². The van der Waals surface area contributed by atoms with E-state index in [9.17, 15) is 0 Å². The van der Waals surface area contributed by atoms with Crippen molar-refractivity contribution in [2.75, 3.05) is 7.11 Å². The molecule has 5 heteroatoms. The molecule has 0 saturated carbocycles. The summed E-state index contributed by atoms with van der Waals surface area (Å²) in [5.74, 6) is 1.45. The summed E-state index contributed by atoms with van der Waals surface area (Å²) in [6.07, 6.45) is 2.88. The number of benzene rings is 3. The van der Waals surface area contributed by atoms with Gasteiger partial charge < -0.3 is 9.47 Å². The number of aryl methyl sites for hydroxylation is 1. The molecule has 144 valence electrons. The van der Waals surface area contributed by atoms with Gasteiger partial charge in [-0.05, 0) is 82.1 Å². The number of aliphatic imine (C=N–C) groups is 1. The van der Waals surface area contributed by atoms with Gasteiger partial charge in [-0.2, -0.15) is 0 Å². The predicted octanol–water partition coefficient (Wildman–Crippen LogP) is 6.95. The lowest BCUT2D eigenvalue weighted by Gasteiger charge is -2.13. The van der Waals surface area contributed by atoms with Gasteiger partial charge in [0.2, 0.25) is 0 Å². The molecule has 3 nitrogen and oxygen atoms in total. The molecule has 0 aromatic heterocycles. The average Bonchev–Trinajstić information content (AvgIpc) is 2.72. The average molecular weight is 550 g/mol. The van der Waals surface area contributed by atoms with Crippen molar-refractivity contribution < 1.29 is 9.47 Å². The lowest BCUT2D eigenvalue weighted by atomic mass is 10.1. The zero-order chi connectivity index (χ0) is 19.9. The minimum Gasteiger partial charge on any atom is -0.493 e. The van der Waals surface area contributed by atoms with Crippen LogP contribution in [0.4, 0.5) is 5.69 Å². The van der Waals surface area contributed by atoms with Gasteiger partial charge in [-0.15, -0.1) is 0 Å². The van der Waals surface area contributed by atoms with Gasteiger partial charge in [-0.25, -0.2) is 0 Å². The van der Waals surface area contributed by atoms with Crippen LogP contribution in [0, 0.1) is 3.57 Å². The fraction of sp³-hybridized carbons (Fsp3) is 0.174. The zero-order valence-electron chi connectivity index (χ0n) is 15.8. The van der Waals surface area contributed by atoms with E-state index < -0.39 is 0 Å². The van der Waals surface area contributed by atoms with Crippen LogP contribution < -0.4 is 9.47 Å². The zero-order valence-corrected chi connectivity index (χ0v) is 19.5. The van der Waals surface area contributed by atoms with E-state index in [1.54, 1.807) is 7.11 Å². The van der Waals surface area contributed by atoms with Gasteiger partial charge in [0, 0.05) is 10.7 Å². The third-order valence-electron chi connectivity index (χ3n) is 4.26. The Bertz CT molecular complexity index is 954. The Morgan fingerprint density at radius 2 is 1.68 bits per heavy atom. The first-order valence-corrected chi connectivity index (χ1v) is 10.8. The molecule has 0 aliphatic rings. The molecule has 0 heterocycles. The van der Waals surface area contributed by atoms with E-state index >= 15 is 0 Å². The van der Waals surface area contributed by atoms with Gasteiger partial charge in [-0.1, -0.05) is 47.1 Å². The summed E-state index contributed by atoms with van der Waals surface area (Å²) in [5.41, 5.74) is 4.31. The molecular formula is C23H21BrINO2. The van der Waals surface area contributed by atoms with E-state index in [0.29, 0.717) is 12.4 Å². The summed E-state index contributed by atoms with van der Waals surface area (Å²) in [6, 6.07) is 20.4. The van der Waals surface area contributed by atoms with Crippen LogP contribution in [0.1, 0.15) is 23.6 Å². The summed E-state index contributed by atoms with van der Waals surface area (Å²) in [7, 11) is 1.66. The van der Waals surface area contributed by atoms with Gasteiger partial charge in [-0.3, -0.25) is 4.99 Å². The van der Waals surface area contributed by atoms with Crippen molar-refractivity contribution >= 4 is 50.4 Å². The van der Waals surface area contributed by atoms with Crippen LogP contribution in [0.3, 0.4) is 0 Å². The normalized spacial score (nSPS) is 11.0. The molecule has 0 bridgehead atoms. The summed E-state index contributed by atoms with van der Waals surface area (Å²) < 4.78 is 13.6. The molecule has 0 unspecified atom stereocenters. The molecule has 0 atom stereocenters. The van der Waals surface area contributed by atoms with E-state index in [-0.39, 0.29) is 0 Å². The SMILES string of the molecule is CCc1ccc(N=Cc2cc(I)c(OCc3ccc(Br)cc3)c(OC)c2)cc1. The van der Waals surface area contributed by atoms with Crippen molar-refractivity contribution in [3.05, 3.63) is 85.4 Å². The van der Waals surface area contributed by atoms with Crippen LogP contribution in [0.5, 0.6) is 11.5 Å². The Balaban J connectivity index is 1.76. The number of methoxy groups -OCH3 is 1. The van der Waals surface area contributed by atoms with Crippen LogP contribution in [0.15, 0.2) is 70.1 Å². The van der Waals surface area contributed by atoms with E-state index in [4.69, 9.17) is 9.47 Å². The highest BCUT2D eigenvalue weighted by Gasteiger charge is 2.11. The highest BCUT2D eigenvalue weighted by atomic mass is 127. The maximum Gasteiger partial charge on any atom is 0.174 e. The molecule has 3 aromatic carbocycles. The van der Waals surface area contributed by atoms with Gasteiger partial charge in [0.25, 0.3) is 0 Å². The number of halogens is 2. The van der Waals surface area contributed by atoms with Crippen LogP contribution in [0.2, 0.25) is 0 Å². The van der Waals surface area contributed by atoms with Gasteiger partial charge >= 0.3 is 0 Å². The Hall–Kier alpha value is -1.86. The molecular weight excluding hydrogens is 529 g/mol. The first kappa shape index (κ1) is 20.9. The summed E-state index contributed by atoms with van der Waals surface area (Å²) >= 11 is 5.72. The lowest BCUT2D eigenvalue weighted by molar-refractivity contribution is 0.282. The van der Waals surface area contributed by atoms with Gasteiger partial charge in [0.15, 0.2) is 11.5 Å². The maximum atomic E-state index is 6.04. The molecule has 0 saturated heterocycles. The summed E-state index contributed by atoms with van der Waals surface area (Å²) in [5, 5.41) is 0. The van der Waals surface area contributed by atoms with Crippen molar-refractivity contribution in [3.8, 4) is 11.5 Å². The highest BCUT2D eigenvalue weighted by Crippen LogP contribution is 2.34. The fourth-order valence-corrected chi connectivity index (χ4v) is 3.70. The predicted molar refractivity (Wildman–Crippen MR) is 127 cm³/mol. The fourth-order valence-electron chi connectivity index (χ4n) is 2.66. The second kappa shape index (κ2) is 10.1. The highest BCUT2D eigenvalue weighted by molar-refractivity contribution is 14.1. The molecule has 0 amide bonds. The van der Waals surface area contributed by atoms with Crippen molar-refractivity contribution in [2.24, 2.45) is 4.99 Å². The molecule has 0 N–H and O–H groups in total. The summed E-state index contributed by atoms with van der Waals surface area (Å²) in [6.45, 7) is 2.63. The molecule has 3 aromatic rings. The molecule has 28 heavy (non-hydrogen) atoms. The first-order chi connectivity index (χ1) is 13.6. The van der Waals surface area contributed by atoms with Gasteiger partial charge in [0.05, 0.1) is 16.4 Å². The summed E-state index contributed by atoms with van der Waals surface area (Å²) in [4.78, 5) is 4.57. The molecule has 0 aliphatic carbocycles. The minimum atomic E-state index is 0.483. The first-order valence-electron chi connectivity index (χ1n) is 8.97. The molecule has 0 spiro atoms. The number of ether oxygens (including phenoxy) is 2. The van der Waals surface area contributed by atoms with Crippen LogP contribution in [0.25, 0.3) is 0 Å². The van der Waals surface area contributed by atoms with E-state index in [1.807, 2.05) is 54.7 Å². The number of nitrogens with zero attached hydrogens (tertiary/aromatic N) is 1. The van der Waals surface area contributed by atoms with Crippen molar-refractivity contribution in [3.63, 3.8) is 0 Å². The molecule has 3 rings (SSSR count). The van der Waals surface area contributed by atoms with Crippen LogP contribution in [-0.2, 0) is 13.0 Å². The molecule has 0 aliphatic heterocycles. The standard InChI is InChI=1S/C23H21BrINO2/c1-3-16-6-10-20(11-7-16)26-14-18-12-21(25)23(22(13-18)27-2)28-15-17-4-8-19(24)9-5-17/h4-14H,3,15H2,1-2H3. The lowest BCUT2D eigenvalue weighted by Crippen LogP contribution is -2.00. The van der Waals surface area contributed by atoms with E-state index in [2.05, 4.69) is 62.6 Å². The molecule has 0 fully saturated rings. The Kier molecular flexibility index (Phi) is 7.50. The second-order valence-electron chi connectivity index (χ2n) is 6.23. The number of hydrogen-bond donors (Lipinski definition) is 0. The third-order valence-corrected chi connectivity index (χ3v) is 5.59. The maximum absolute atomic E-state index is 6.04. The van der Waals surface area contributed by atoms with E-state index in [1.165, 1.54) is 5.56 Å². The van der Waals surface area contributed by atoms with Crippen molar-refractivity contribution in [1.29, 1.82) is 0 Å². The topological polar surface area (TPSA) is 30.8 Å². The van der Waals surface area contributed by atoms with E-state index in [0.717, 1.165) is 37.0 Å². The Morgan fingerprint density at radius 1 is 1.00 bits per heavy atom. The quantitative estimate of drug-likeness (QED) is 0.236. The smallest absolute Gasteiger partial charge is 0.174 e. The van der Waals surface area contributed by atoms with Crippen molar-refractivity contribution in [2.45, 2.75) is 20.0 Å². The Morgan fingerprint density at radius 3 is 2.32 bits per heavy atom.